The van der Waals surface area contributed by atoms with E-state index in [1.165, 1.54) is 0 Å². The van der Waals surface area contributed by atoms with E-state index in [2.05, 4.69) is 25.4 Å². The third-order valence-corrected chi connectivity index (χ3v) is 3.18. The summed E-state index contributed by atoms with van der Waals surface area (Å²) in [5.41, 5.74) is 0.739. The van der Waals surface area contributed by atoms with Crippen molar-refractivity contribution in [2.45, 2.75) is 19.3 Å². The molecule has 21 heavy (non-hydrogen) atoms. The van der Waals surface area contributed by atoms with Crippen molar-refractivity contribution in [3.8, 4) is 11.5 Å². The maximum Gasteiger partial charge on any atom is 0.401 e. The molecule has 2 aromatic rings. The Kier molecular flexibility index (Phi) is 5.61. The number of hydrogen-bond donors (Lipinski definition) is 3. The van der Waals surface area contributed by atoms with Gasteiger partial charge in [-0.05, 0) is 35.4 Å². The summed E-state index contributed by atoms with van der Waals surface area (Å²) in [6.07, 6.45) is 0. The van der Waals surface area contributed by atoms with E-state index in [1.54, 1.807) is 24.3 Å². The van der Waals surface area contributed by atoms with Gasteiger partial charge >= 0.3 is 5.43 Å². The first kappa shape index (κ1) is 16.9. The molecule has 0 saturated heterocycles. The number of carbonyl (C=O) groups is 1. The molecule has 0 aliphatic heterocycles. The van der Waals surface area contributed by atoms with Crippen LogP contribution in [0.3, 0.4) is 0 Å². The molecule has 112 valence electrons. The van der Waals surface area contributed by atoms with Crippen molar-refractivity contribution in [1.29, 1.82) is 0 Å². The summed E-state index contributed by atoms with van der Waals surface area (Å²) in [6.45, 7) is 4.23. The molecule has 0 heterocycles. The van der Waals surface area contributed by atoms with Crippen LogP contribution >= 0.6 is 11.6 Å². The van der Waals surface area contributed by atoms with Crippen molar-refractivity contribution in [1.82, 2.24) is 0 Å². The van der Waals surface area contributed by atoms with Crippen LogP contribution in [0.15, 0.2) is 48.5 Å². The topological polar surface area (TPSA) is 77.8 Å². The zero-order valence-corrected chi connectivity index (χ0v) is 12.5. The maximum atomic E-state index is 9.30. The maximum absolute atomic E-state index is 9.30. The summed E-state index contributed by atoms with van der Waals surface area (Å²) in [5.74, 6) is 0.547. The predicted molar refractivity (Wildman–Crippen MR) is 82.2 cm³/mol. The summed E-state index contributed by atoms with van der Waals surface area (Å²) < 4.78 is 0. The average Bonchev–Trinajstić information content (AvgIpc) is 2.39. The number of phenolic OH excluding ortho intramolecular Hbond substituents is 2. The van der Waals surface area contributed by atoms with Crippen LogP contribution in [-0.2, 0) is 5.41 Å². The molecule has 2 rings (SSSR count). The molecule has 0 amide bonds. The quantitative estimate of drug-likeness (QED) is 0.722. The molecule has 4 nitrogen and oxygen atoms in total. The van der Waals surface area contributed by atoms with Gasteiger partial charge in [-0.25, -0.2) is 4.79 Å². The van der Waals surface area contributed by atoms with Crippen LogP contribution in [0.4, 0.5) is 4.79 Å². The number of rotatable bonds is 2. The van der Waals surface area contributed by atoms with Crippen LogP contribution in [0.5, 0.6) is 11.5 Å². The van der Waals surface area contributed by atoms with Crippen molar-refractivity contribution in [3.05, 3.63) is 59.7 Å². The Labute approximate surface area is 128 Å². The Balaban J connectivity index is 0.000000491. The monoisotopic (exact) mass is 308 g/mol. The highest BCUT2D eigenvalue weighted by atomic mass is 35.5. The molecule has 2 aromatic carbocycles. The van der Waals surface area contributed by atoms with Crippen LogP contribution in [0.2, 0.25) is 0 Å². The molecule has 0 atom stereocenters. The van der Waals surface area contributed by atoms with Crippen molar-refractivity contribution in [3.63, 3.8) is 0 Å². The second-order valence-electron chi connectivity index (χ2n) is 4.97. The molecule has 0 fully saturated rings. The lowest BCUT2D eigenvalue weighted by atomic mass is 9.78. The second-order valence-corrected chi connectivity index (χ2v) is 5.30. The van der Waals surface area contributed by atoms with Crippen molar-refractivity contribution < 1.29 is 20.1 Å². The number of benzene rings is 2. The fourth-order valence-electron chi connectivity index (χ4n) is 1.92. The molecular formula is C16H17ClO4. The van der Waals surface area contributed by atoms with Gasteiger partial charge < -0.3 is 15.3 Å². The van der Waals surface area contributed by atoms with E-state index in [4.69, 9.17) is 9.90 Å². The highest BCUT2D eigenvalue weighted by Gasteiger charge is 2.22. The first-order valence-corrected chi connectivity index (χ1v) is 6.58. The molecule has 0 spiro atoms. The Morgan fingerprint density at radius 3 is 1.33 bits per heavy atom. The largest absolute Gasteiger partial charge is 0.508 e. The average molecular weight is 309 g/mol. The lowest BCUT2D eigenvalue weighted by Crippen LogP contribution is -2.18. The molecular weight excluding hydrogens is 292 g/mol. The van der Waals surface area contributed by atoms with Gasteiger partial charge in [0, 0.05) is 17.0 Å². The third-order valence-electron chi connectivity index (χ3n) is 3.18. The smallest absolute Gasteiger partial charge is 0.401 e. The highest BCUT2D eigenvalue weighted by molar-refractivity contribution is 6.60. The third kappa shape index (κ3) is 5.00. The summed E-state index contributed by atoms with van der Waals surface area (Å²) in [5, 5.41) is 25.8. The van der Waals surface area contributed by atoms with Gasteiger partial charge in [-0.2, -0.15) is 0 Å². The molecule has 0 saturated carbocycles. The van der Waals surface area contributed by atoms with E-state index in [-0.39, 0.29) is 16.9 Å². The lowest BCUT2D eigenvalue weighted by molar-refractivity contribution is 0.220. The van der Waals surface area contributed by atoms with E-state index >= 15 is 0 Å². The molecule has 0 aliphatic carbocycles. The molecule has 5 heteroatoms. The molecule has 0 unspecified atom stereocenters. The minimum absolute atomic E-state index is 0.151. The molecule has 0 bridgehead atoms. The summed E-state index contributed by atoms with van der Waals surface area (Å²) in [7, 11) is 0. The lowest BCUT2D eigenvalue weighted by Gasteiger charge is -2.26. The highest BCUT2D eigenvalue weighted by Crippen LogP contribution is 2.32. The van der Waals surface area contributed by atoms with Crippen LogP contribution < -0.4 is 0 Å². The number of halogens is 1. The Morgan fingerprint density at radius 1 is 0.857 bits per heavy atom. The van der Waals surface area contributed by atoms with E-state index in [1.807, 2.05) is 24.3 Å². The molecule has 0 aromatic heterocycles. The zero-order valence-electron chi connectivity index (χ0n) is 11.7. The van der Waals surface area contributed by atoms with Gasteiger partial charge in [-0.15, -0.1) is 0 Å². The van der Waals surface area contributed by atoms with E-state index in [0.29, 0.717) is 0 Å². The van der Waals surface area contributed by atoms with E-state index in [9.17, 15) is 10.2 Å². The Bertz CT molecular complexity index is 537. The van der Waals surface area contributed by atoms with Crippen LogP contribution in [0.25, 0.3) is 0 Å². The van der Waals surface area contributed by atoms with E-state index < -0.39 is 5.43 Å². The normalized spacial score (nSPS) is 10.4. The Morgan fingerprint density at radius 2 is 1.10 bits per heavy atom. The van der Waals surface area contributed by atoms with Gasteiger partial charge in [0.1, 0.15) is 11.5 Å². The van der Waals surface area contributed by atoms with Crippen molar-refractivity contribution in [2.24, 2.45) is 0 Å². The number of phenols is 2. The Hall–Kier alpha value is -2.20. The van der Waals surface area contributed by atoms with Gasteiger partial charge in [-0.3, -0.25) is 0 Å². The van der Waals surface area contributed by atoms with Gasteiger partial charge in [0.05, 0.1) is 0 Å². The van der Waals surface area contributed by atoms with Gasteiger partial charge in [-0.1, -0.05) is 38.1 Å². The second kappa shape index (κ2) is 6.99. The molecule has 3 N–H and O–H groups in total. The fraction of sp³-hybridized carbons (Fsp3) is 0.188. The zero-order chi connectivity index (χ0) is 16.0. The first-order chi connectivity index (χ1) is 9.73. The summed E-state index contributed by atoms with van der Waals surface area (Å²) in [4.78, 5) is 8.77. The summed E-state index contributed by atoms with van der Waals surface area (Å²) in [6, 6.07) is 14.4. The number of aromatic hydroxyl groups is 2. The standard InChI is InChI=1S/C15H16O2.CHClO2/c1-15(2,11-3-7-13(16)8-4-11)12-5-9-14(17)10-6-12;2-1(3)4/h3-10,16-17H,1-2H3;(H,3,4). The number of carboxylic acid groups (broad SMARTS) is 1. The van der Waals surface area contributed by atoms with Gasteiger partial charge in [0.15, 0.2) is 0 Å². The molecule has 0 aliphatic rings. The van der Waals surface area contributed by atoms with Crippen LogP contribution in [0.1, 0.15) is 25.0 Å². The predicted octanol–water partition coefficient (Wildman–Crippen LogP) is 4.33. The van der Waals surface area contributed by atoms with Gasteiger partial charge in [0.25, 0.3) is 0 Å². The van der Waals surface area contributed by atoms with Crippen molar-refractivity contribution >= 4 is 17.0 Å². The molecule has 0 radical (unpaired) electrons. The van der Waals surface area contributed by atoms with Crippen LogP contribution in [-0.4, -0.2) is 20.7 Å². The summed E-state index contributed by atoms with van der Waals surface area (Å²) >= 11 is 4.19. The van der Waals surface area contributed by atoms with Crippen molar-refractivity contribution in [2.75, 3.05) is 0 Å². The fourth-order valence-corrected chi connectivity index (χ4v) is 1.92. The van der Waals surface area contributed by atoms with Crippen LogP contribution in [0, 0.1) is 0 Å². The van der Waals surface area contributed by atoms with Gasteiger partial charge in [0.2, 0.25) is 0 Å². The number of hydrogen-bond acceptors (Lipinski definition) is 3. The van der Waals surface area contributed by atoms with E-state index in [0.717, 1.165) is 11.1 Å². The minimum Gasteiger partial charge on any atom is -0.508 e. The first-order valence-electron chi connectivity index (χ1n) is 6.21. The SMILES string of the molecule is CC(C)(c1ccc(O)cc1)c1ccc(O)cc1.O=C(O)Cl. The minimum atomic E-state index is -1.36.